The lowest BCUT2D eigenvalue weighted by Gasteiger charge is -2.29. The summed E-state index contributed by atoms with van der Waals surface area (Å²) in [5.74, 6) is 0. The van der Waals surface area contributed by atoms with Crippen molar-refractivity contribution in [2.45, 2.75) is 30.3 Å². The summed E-state index contributed by atoms with van der Waals surface area (Å²) in [5, 5.41) is 45.6. The van der Waals surface area contributed by atoms with Crippen molar-refractivity contribution < 1.29 is 30.3 Å². The summed E-state index contributed by atoms with van der Waals surface area (Å²) >= 11 is 0. The molecule has 1 aliphatic rings. The molecule has 0 aromatic rings. The van der Waals surface area contributed by atoms with Crippen LogP contribution in [0.3, 0.4) is 0 Å². The van der Waals surface area contributed by atoms with Crippen LogP contribution in [0.25, 0.3) is 0 Å². The van der Waals surface area contributed by atoms with Gasteiger partial charge in [-0.3, -0.25) is 0 Å². The van der Waals surface area contributed by atoms with E-state index in [0.29, 0.717) is 0 Å². The van der Waals surface area contributed by atoms with Crippen molar-refractivity contribution in [3.8, 4) is 0 Å². The fraction of sp³-hybridized carbons (Fsp3) is 1.00. The average molecular weight is 208 g/mol. The van der Waals surface area contributed by atoms with E-state index in [0.717, 1.165) is 0 Å². The Hall–Kier alpha value is -0.240. The van der Waals surface area contributed by atoms with E-state index in [4.69, 9.17) is 20.1 Å². The zero-order valence-electron chi connectivity index (χ0n) is 7.70. The van der Waals surface area contributed by atoms with Crippen LogP contribution in [-0.4, -0.2) is 69.3 Å². The lowest BCUT2D eigenvalue weighted by Crippen LogP contribution is -2.47. The minimum atomic E-state index is -1.36. The van der Waals surface area contributed by atoms with E-state index in [-0.39, 0.29) is 13.0 Å². The first-order valence-corrected chi connectivity index (χ1v) is 4.48. The van der Waals surface area contributed by atoms with Crippen LogP contribution in [0.4, 0.5) is 0 Å². The van der Waals surface area contributed by atoms with Gasteiger partial charge >= 0.3 is 0 Å². The molecule has 1 heterocycles. The molecule has 0 spiro atoms. The normalized spacial score (nSPS) is 43.1. The van der Waals surface area contributed by atoms with Crippen LogP contribution in [0, 0.1) is 0 Å². The summed E-state index contributed by atoms with van der Waals surface area (Å²) in [5.41, 5.74) is -1.36. The highest BCUT2D eigenvalue weighted by molar-refractivity contribution is 5.01. The molecule has 0 radical (unpaired) electrons. The van der Waals surface area contributed by atoms with E-state index in [1.807, 2.05) is 0 Å². The molecule has 1 rings (SSSR count). The van der Waals surface area contributed by atoms with Gasteiger partial charge in [0, 0.05) is 13.0 Å². The Bertz CT molecular complexity index is 187. The highest BCUT2D eigenvalue weighted by atomic mass is 16.6. The fourth-order valence-electron chi connectivity index (χ4n) is 1.71. The van der Waals surface area contributed by atoms with E-state index in [1.165, 1.54) is 0 Å². The van der Waals surface area contributed by atoms with Crippen LogP contribution >= 0.6 is 0 Å². The van der Waals surface area contributed by atoms with Gasteiger partial charge in [-0.1, -0.05) is 0 Å². The number of hydrogen-bond acceptors (Lipinski definition) is 6. The van der Waals surface area contributed by atoms with Gasteiger partial charge in [0.15, 0.2) is 0 Å². The van der Waals surface area contributed by atoms with Gasteiger partial charge in [-0.15, -0.1) is 0 Å². The van der Waals surface area contributed by atoms with Gasteiger partial charge in [0.25, 0.3) is 0 Å². The second-order valence-electron chi connectivity index (χ2n) is 3.47. The summed E-state index contributed by atoms with van der Waals surface area (Å²) in [4.78, 5) is 0. The highest BCUT2D eigenvalue weighted by Gasteiger charge is 2.53. The Kier molecular flexibility index (Phi) is 3.82. The summed E-state index contributed by atoms with van der Waals surface area (Å²) in [6.45, 7) is -1.23. The minimum absolute atomic E-state index is 0.0121. The van der Waals surface area contributed by atoms with E-state index in [9.17, 15) is 10.2 Å². The second kappa shape index (κ2) is 4.52. The first-order valence-electron chi connectivity index (χ1n) is 4.48. The lowest BCUT2D eigenvalue weighted by molar-refractivity contribution is -0.127. The molecular formula is C8H16O6. The molecule has 0 aliphatic carbocycles. The molecule has 0 saturated carbocycles. The molecule has 6 heteroatoms. The fourth-order valence-corrected chi connectivity index (χ4v) is 1.71. The van der Waals surface area contributed by atoms with Crippen LogP contribution in [0.5, 0.6) is 0 Å². The Morgan fingerprint density at radius 1 is 1.14 bits per heavy atom. The van der Waals surface area contributed by atoms with E-state index < -0.39 is 37.1 Å². The Morgan fingerprint density at radius 2 is 1.79 bits per heavy atom. The SMILES string of the molecule is OCC[C@@]1(CO)O[C@H](CO)[C@@H](O)[C@@H]1O. The predicted molar refractivity (Wildman–Crippen MR) is 45.5 cm³/mol. The summed E-state index contributed by atoms with van der Waals surface area (Å²) < 4.78 is 5.15. The van der Waals surface area contributed by atoms with Crippen LogP contribution in [0.2, 0.25) is 0 Å². The van der Waals surface area contributed by atoms with Crippen LogP contribution in [0.15, 0.2) is 0 Å². The molecule has 1 fully saturated rings. The van der Waals surface area contributed by atoms with Gasteiger partial charge in [0.1, 0.15) is 23.9 Å². The largest absolute Gasteiger partial charge is 0.396 e. The van der Waals surface area contributed by atoms with Gasteiger partial charge in [-0.25, -0.2) is 0 Å². The summed E-state index contributed by atoms with van der Waals surface area (Å²) in [7, 11) is 0. The Morgan fingerprint density at radius 3 is 2.14 bits per heavy atom. The van der Waals surface area contributed by atoms with Crippen LogP contribution < -0.4 is 0 Å². The van der Waals surface area contributed by atoms with E-state index >= 15 is 0 Å². The number of aliphatic hydroxyl groups excluding tert-OH is 5. The first-order chi connectivity index (χ1) is 6.61. The number of aliphatic hydroxyl groups is 5. The van der Waals surface area contributed by atoms with Crippen molar-refractivity contribution in [3.05, 3.63) is 0 Å². The third-order valence-electron chi connectivity index (χ3n) is 2.61. The molecule has 1 saturated heterocycles. The maximum absolute atomic E-state index is 9.58. The third kappa shape index (κ3) is 1.77. The highest BCUT2D eigenvalue weighted by Crippen LogP contribution is 2.33. The van der Waals surface area contributed by atoms with Crippen molar-refractivity contribution in [2.24, 2.45) is 0 Å². The van der Waals surface area contributed by atoms with Crippen LogP contribution in [-0.2, 0) is 4.74 Å². The van der Waals surface area contributed by atoms with Crippen molar-refractivity contribution in [3.63, 3.8) is 0 Å². The van der Waals surface area contributed by atoms with Gasteiger partial charge in [-0.2, -0.15) is 0 Å². The molecule has 84 valence electrons. The molecule has 0 bridgehead atoms. The topological polar surface area (TPSA) is 110 Å². The zero-order valence-corrected chi connectivity index (χ0v) is 7.70. The van der Waals surface area contributed by atoms with Crippen LogP contribution in [0.1, 0.15) is 6.42 Å². The predicted octanol–water partition coefficient (Wildman–Crippen LogP) is -2.79. The standard InChI is InChI=1S/C8H16O6/c9-2-1-8(4-11)7(13)6(12)5(3-10)14-8/h5-7,9-13H,1-4H2/t5-,6-,7+,8+/m1/s1. The number of ether oxygens (including phenoxy) is 1. The van der Waals surface area contributed by atoms with Crippen molar-refractivity contribution in [1.82, 2.24) is 0 Å². The molecule has 0 unspecified atom stereocenters. The van der Waals surface area contributed by atoms with Crippen molar-refractivity contribution in [2.75, 3.05) is 19.8 Å². The average Bonchev–Trinajstić information content (AvgIpc) is 2.44. The number of hydrogen-bond donors (Lipinski definition) is 5. The molecule has 6 nitrogen and oxygen atoms in total. The maximum Gasteiger partial charge on any atom is 0.122 e. The third-order valence-corrected chi connectivity index (χ3v) is 2.61. The van der Waals surface area contributed by atoms with Gasteiger partial charge < -0.3 is 30.3 Å². The maximum atomic E-state index is 9.58. The summed E-state index contributed by atoms with van der Waals surface area (Å²) in [6, 6.07) is 0. The molecule has 0 amide bonds. The zero-order chi connectivity index (χ0) is 10.8. The first kappa shape index (κ1) is 11.8. The molecule has 0 aromatic carbocycles. The minimum Gasteiger partial charge on any atom is -0.396 e. The van der Waals surface area contributed by atoms with Gasteiger partial charge in [0.2, 0.25) is 0 Å². The van der Waals surface area contributed by atoms with Gasteiger partial charge in [0.05, 0.1) is 13.2 Å². The van der Waals surface area contributed by atoms with E-state index in [2.05, 4.69) is 0 Å². The Labute approximate surface area is 81.4 Å². The molecule has 0 aromatic heterocycles. The molecule has 14 heavy (non-hydrogen) atoms. The smallest absolute Gasteiger partial charge is 0.122 e. The molecule has 4 atom stereocenters. The second-order valence-corrected chi connectivity index (χ2v) is 3.47. The molecule has 5 N–H and O–H groups in total. The quantitative estimate of drug-likeness (QED) is 0.341. The monoisotopic (exact) mass is 208 g/mol. The Balaban J connectivity index is 2.78. The number of rotatable bonds is 4. The van der Waals surface area contributed by atoms with Crippen molar-refractivity contribution in [1.29, 1.82) is 0 Å². The lowest BCUT2D eigenvalue weighted by atomic mass is 9.92. The molecular weight excluding hydrogens is 192 g/mol. The molecule has 1 aliphatic heterocycles. The van der Waals surface area contributed by atoms with Crippen molar-refractivity contribution >= 4 is 0 Å². The van der Waals surface area contributed by atoms with E-state index in [1.54, 1.807) is 0 Å². The van der Waals surface area contributed by atoms with Gasteiger partial charge in [-0.05, 0) is 0 Å². The summed E-state index contributed by atoms with van der Waals surface area (Å²) in [6.07, 6.45) is -3.43.